The number of sulfone groups is 1. The zero-order chi connectivity index (χ0) is 15.4. The largest absolute Gasteiger partial charge is 0.416 e. The van der Waals surface area contributed by atoms with Gasteiger partial charge >= 0.3 is 6.18 Å². The van der Waals surface area contributed by atoms with Gasteiger partial charge in [-0.15, -0.1) is 0 Å². The van der Waals surface area contributed by atoms with E-state index in [4.69, 9.17) is 0 Å². The highest BCUT2D eigenvalue weighted by molar-refractivity contribution is 7.91. The molecule has 0 bridgehead atoms. The Morgan fingerprint density at radius 2 is 1.80 bits per heavy atom. The monoisotopic (exact) mass is 308 g/mol. The average Bonchev–Trinajstić information content (AvgIpc) is 2.35. The third-order valence-electron chi connectivity index (χ3n) is 2.62. The number of aliphatic hydroxyl groups excluding tert-OH is 1. The molecular formula is C13H15F3O3S. The highest BCUT2D eigenvalue weighted by atomic mass is 32.2. The van der Waals surface area contributed by atoms with E-state index < -0.39 is 33.4 Å². The summed E-state index contributed by atoms with van der Waals surface area (Å²) in [4.78, 5) is 0. The van der Waals surface area contributed by atoms with E-state index in [0.717, 1.165) is 24.3 Å². The molecule has 0 heterocycles. The zero-order valence-electron chi connectivity index (χ0n) is 10.8. The first-order valence-corrected chi connectivity index (χ1v) is 7.64. The SMILES string of the molecule is CC=CCS(=O)(=O)CC(O)c1ccc(C(F)(F)F)cc1. The summed E-state index contributed by atoms with van der Waals surface area (Å²) < 4.78 is 60.3. The fourth-order valence-corrected chi connectivity index (χ4v) is 2.84. The minimum absolute atomic E-state index is 0.141. The summed E-state index contributed by atoms with van der Waals surface area (Å²) in [6.45, 7) is 1.67. The topological polar surface area (TPSA) is 54.4 Å². The Kier molecular flexibility index (Phi) is 5.35. The van der Waals surface area contributed by atoms with Gasteiger partial charge < -0.3 is 5.11 Å². The fraction of sp³-hybridized carbons (Fsp3) is 0.385. The third kappa shape index (κ3) is 4.97. The van der Waals surface area contributed by atoms with Crippen LogP contribution in [0.3, 0.4) is 0 Å². The maximum atomic E-state index is 12.4. The first-order valence-electron chi connectivity index (χ1n) is 5.82. The summed E-state index contributed by atoms with van der Waals surface area (Å²) in [5.74, 6) is -0.732. The van der Waals surface area contributed by atoms with E-state index >= 15 is 0 Å². The molecule has 1 rings (SSSR count). The molecule has 1 N–H and O–H groups in total. The van der Waals surface area contributed by atoms with Crippen molar-refractivity contribution in [2.75, 3.05) is 11.5 Å². The van der Waals surface area contributed by atoms with Gasteiger partial charge in [0.1, 0.15) is 0 Å². The van der Waals surface area contributed by atoms with E-state index in [2.05, 4.69) is 0 Å². The summed E-state index contributed by atoms with van der Waals surface area (Å²) >= 11 is 0. The van der Waals surface area contributed by atoms with Gasteiger partial charge in [0, 0.05) is 0 Å². The molecule has 0 aliphatic carbocycles. The normalized spacial score (nSPS) is 14.7. The number of halogens is 3. The highest BCUT2D eigenvalue weighted by Gasteiger charge is 2.30. The van der Waals surface area contributed by atoms with Crippen molar-refractivity contribution in [1.82, 2.24) is 0 Å². The molecule has 0 aliphatic heterocycles. The van der Waals surface area contributed by atoms with E-state index in [1.165, 1.54) is 6.08 Å². The van der Waals surface area contributed by atoms with Crippen molar-refractivity contribution in [1.29, 1.82) is 0 Å². The summed E-state index contributed by atoms with van der Waals surface area (Å²) in [7, 11) is -3.49. The smallest absolute Gasteiger partial charge is 0.387 e. The van der Waals surface area contributed by atoms with E-state index in [1.807, 2.05) is 0 Å². The van der Waals surface area contributed by atoms with Crippen LogP contribution in [0.5, 0.6) is 0 Å². The summed E-state index contributed by atoms with van der Waals surface area (Å²) in [6, 6.07) is 3.80. The lowest BCUT2D eigenvalue weighted by Crippen LogP contribution is -2.17. The summed E-state index contributed by atoms with van der Waals surface area (Å²) in [6.07, 6.45) is -2.79. The second-order valence-corrected chi connectivity index (χ2v) is 6.44. The van der Waals surface area contributed by atoms with Gasteiger partial charge in [0.25, 0.3) is 0 Å². The first kappa shape index (κ1) is 16.7. The van der Waals surface area contributed by atoms with E-state index in [-0.39, 0.29) is 11.3 Å². The molecule has 112 valence electrons. The Labute approximate surface area is 115 Å². The van der Waals surface area contributed by atoms with Crippen LogP contribution in [0.15, 0.2) is 36.4 Å². The Balaban J connectivity index is 2.81. The number of hydrogen-bond donors (Lipinski definition) is 1. The molecule has 0 saturated carbocycles. The fourth-order valence-electron chi connectivity index (χ4n) is 1.54. The van der Waals surface area contributed by atoms with Gasteiger partial charge in [0.05, 0.1) is 23.2 Å². The van der Waals surface area contributed by atoms with Crippen molar-refractivity contribution in [3.8, 4) is 0 Å². The predicted molar refractivity (Wildman–Crippen MR) is 69.9 cm³/mol. The molecule has 1 aromatic rings. The lowest BCUT2D eigenvalue weighted by Gasteiger charge is -2.12. The van der Waals surface area contributed by atoms with Gasteiger partial charge in [-0.25, -0.2) is 8.42 Å². The van der Waals surface area contributed by atoms with Crippen LogP contribution in [0, 0.1) is 0 Å². The van der Waals surface area contributed by atoms with Crippen LogP contribution in [0.1, 0.15) is 24.2 Å². The van der Waals surface area contributed by atoms with E-state index in [9.17, 15) is 26.7 Å². The molecule has 7 heteroatoms. The maximum absolute atomic E-state index is 12.4. The Morgan fingerprint density at radius 3 is 2.25 bits per heavy atom. The molecule has 1 unspecified atom stereocenters. The zero-order valence-corrected chi connectivity index (χ0v) is 11.6. The molecule has 1 aromatic carbocycles. The van der Waals surface area contributed by atoms with Crippen LogP contribution in [-0.2, 0) is 16.0 Å². The molecule has 0 amide bonds. The number of hydrogen-bond acceptors (Lipinski definition) is 3. The minimum Gasteiger partial charge on any atom is -0.387 e. The Morgan fingerprint density at radius 1 is 1.25 bits per heavy atom. The van der Waals surface area contributed by atoms with E-state index in [1.54, 1.807) is 13.0 Å². The van der Waals surface area contributed by atoms with Gasteiger partial charge in [0.15, 0.2) is 9.84 Å². The summed E-state index contributed by atoms with van der Waals surface area (Å²) in [5.41, 5.74) is -0.702. The molecule has 1 atom stereocenters. The van der Waals surface area contributed by atoms with Crippen molar-refractivity contribution in [2.45, 2.75) is 19.2 Å². The van der Waals surface area contributed by atoms with Gasteiger partial charge in [0.2, 0.25) is 0 Å². The Hall–Kier alpha value is -1.34. The van der Waals surface area contributed by atoms with Crippen LogP contribution in [0.25, 0.3) is 0 Å². The van der Waals surface area contributed by atoms with Crippen LogP contribution in [0.2, 0.25) is 0 Å². The first-order chi connectivity index (χ1) is 9.15. The van der Waals surface area contributed by atoms with Crippen LogP contribution >= 0.6 is 0 Å². The lowest BCUT2D eigenvalue weighted by molar-refractivity contribution is -0.137. The number of aliphatic hydroxyl groups is 1. The lowest BCUT2D eigenvalue weighted by atomic mass is 10.1. The van der Waals surface area contributed by atoms with Gasteiger partial charge in [-0.3, -0.25) is 0 Å². The molecule has 0 aliphatic rings. The molecule has 0 aromatic heterocycles. The molecule has 20 heavy (non-hydrogen) atoms. The van der Waals surface area contributed by atoms with Crippen molar-refractivity contribution in [3.63, 3.8) is 0 Å². The number of alkyl halides is 3. The number of rotatable bonds is 5. The molecular weight excluding hydrogens is 293 g/mol. The molecule has 3 nitrogen and oxygen atoms in total. The molecule has 0 spiro atoms. The van der Waals surface area contributed by atoms with Gasteiger partial charge in [-0.1, -0.05) is 24.3 Å². The summed E-state index contributed by atoms with van der Waals surface area (Å²) in [5, 5.41) is 9.76. The maximum Gasteiger partial charge on any atom is 0.416 e. The average molecular weight is 308 g/mol. The van der Waals surface area contributed by atoms with E-state index in [0.29, 0.717) is 0 Å². The van der Waals surface area contributed by atoms with Crippen LogP contribution < -0.4 is 0 Å². The third-order valence-corrected chi connectivity index (χ3v) is 4.14. The van der Waals surface area contributed by atoms with Crippen molar-refractivity contribution in [3.05, 3.63) is 47.5 Å². The second-order valence-electron chi connectivity index (χ2n) is 4.28. The molecule has 0 fully saturated rings. The molecule has 0 radical (unpaired) electrons. The predicted octanol–water partition coefficient (Wildman–Crippen LogP) is 2.73. The van der Waals surface area contributed by atoms with Crippen molar-refractivity contribution < 1.29 is 26.7 Å². The standard InChI is InChI=1S/C13H15F3O3S/c1-2-3-8-20(18,19)9-12(17)10-4-6-11(7-5-10)13(14,15)16/h2-7,12,17H,8-9H2,1H3. The Bertz CT molecular complexity index is 560. The number of benzene rings is 1. The minimum atomic E-state index is -4.46. The van der Waals surface area contributed by atoms with Gasteiger partial charge in [-0.05, 0) is 24.6 Å². The van der Waals surface area contributed by atoms with Gasteiger partial charge in [-0.2, -0.15) is 13.2 Å². The van der Waals surface area contributed by atoms with Crippen LogP contribution in [0.4, 0.5) is 13.2 Å². The highest BCUT2D eigenvalue weighted by Crippen LogP contribution is 2.30. The quantitative estimate of drug-likeness (QED) is 0.851. The van der Waals surface area contributed by atoms with Crippen LogP contribution in [-0.4, -0.2) is 25.0 Å². The van der Waals surface area contributed by atoms with Crippen molar-refractivity contribution >= 4 is 9.84 Å². The number of allylic oxidation sites excluding steroid dienone is 1. The second kappa shape index (κ2) is 6.41. The molecule has 0 saturated heterocycles. The van der Waals surface area contributed by atoms with Crippen molar-refractivity contribution in [2.24, 2.45) is 0 Å².